The first-order valence-corrected chi connectivity index (χ1v) is 9.01. The molecule has 0 aliphatic rings. The van der Waals surface area contributed by atoms with Crippen LogP contribution in [0.2, 0.25) is 4.34 Å². The summed E-state index contributed by atoms with van der Waals surface area (Å²) in [7, 11) is -1.91. The van der Waals surface area contributed by atoms with E-state index < -0.39 is 10.0 Å². The van der Waals surface area contributed by atoms with Crippen molar-refractivity contribution in [2.75, 3.05) is 32.1 Å². The zero-order valence-electron chi connectivity index (χ0n) is 10.2. The summed E-state index contributed by atoms with van der Waals surface area (Å²) in [4.78, 5) is 0. The van der Waals surface area contributed by atoms with Gasteiger partial charge in [0.05, 0.1) is 17.6 Å². The first-order chi connectivity index (χ1) is 8.39. The molecule has 8 heteroatoms. The summed E-state index contributed by atoms with van der Waals surface area (Å²) >= 11 is 10.2. The van der Waals surface area contributed by atoms with E-state index in [2.05, 4.69) is 15.9 Å². The molecule has 0 saturated heterocycles. The molecule has 0 amide bonds. The predicted octanol–water partition coefficient (Wildman–Crippen LogP) is 2.74. The third-order valence-corrected chi connectivity index (χ3v) is 6.46. The van der Waals surface area contributed by atoms with E-state index in [1.807, 2.05) is 0 Å². The van der Waals surface area contributed by atoms with Crippen molar-refractivity contribution in [1.82, 2.24) is 4.31 Å². The monoisotopic (exact) mass is 375 g/mol. The van der Waals surface area contributed by atoms with Gasteiger partial charge in [0.15, 0.2) is 0 Å². The van der Waals surface area contributed by atoms with Crippen molar-refractivity contribution in [3.63, 3.8) is 0 Å². The third kappa shape index (κ3) is 4.18. The summed E-state index contributed by atoms with van der Waals surface area (Å²) in [5.74, 6) is 0. The van der Waals surface area contributed by atoms with E-state index in [0.29, 0.717) is 24.1 Å². The highest BCUT2D eigenvalue weighted by Crippen LogP contribution is 2.31. The minimum absolute atomic E-state index is 0.271. The Morgan fingerprint density at radius 3 is 2.67 bits per heavy atom. The topological polar surface area (TPSA) is 46.6 Å². The van der Waals surface area contributed by atoms with Crippen molar-refractivity contribution in [2.45, 2.75) is 11.1 Å². The number of hydrogen-bond acceptors (Lipinski definition) is 4. The molecule has 1 aromatic rings. The van der Waals surface area contributed by atoms with E-state index in [9.17, 15) is 8.42 Å². The van der Waals surface area contributed by atoms with Gasteiger partial charge in [0.25, 0.3) is 10.0 Å². The number of likely N-dealkylation sites (N-methyl/N-ethyl adjacent to an activating group) is 1. The second-order valence-electron chi connectivity index (χ2n) is 3.65. The van der Waals surface area contributed by atoms with Crippen LogP contribution in [0.4, 0.5) is 0 Å². The SMILES string of the molecule is Cc1cc(S(=O)(=O)N(C)CCOCCBr)sc1Cl. The van der Waals surface area contributed by atoms with Crippen molar-refractivity contribution in [3.8, 4) is 0 Å². The lowest BCUT2D eigenvalue weighted by Crippen LogP contribution is -2.29. The maximum Gasteiger partial charge on any atom is 0.252 e. The van der Waals surface area contributed by atoms with Crippen LogP contribution in [0.15, 0.2) is 10.3 Å². The molecule has 0 fully saturated rings. The molecule has 18 heavy (non-hydrogen) atoms. The van der Waals surface area contributed by atoms with Crippen molar-refractivity contribution in [1.29, 1.82) is 0 Å². The fourth-order valence-electron chi connectivity index (χ4n) is 1.18. The highest BCUT2D eigenvalue weighted by Gasteiger charge is 2.23. The van der Waals surface area contributed by atoms with Crippen LogP contribution in [0, 0.1) is 6.92 Å². The van der Waals surface area contributed by atoms with Crippen molar-refractivity contribution in [2.24, 2.45) is 0 Å². The number of halogens is 2. The average molecular weight is 377 g/mol. The summed E-state index contributed by atoms with van der Waals surface area (Å²) < 4.78 is 31.6. The van der Waals surface area contributed by atoms with Crippen LogP contribution in [0.5, 0.6) is 0 Å². The van der Waals surface area contributed by atoms with Crippen LogP contribution in [0.25, 0.3) is 0 Å². The molecule has 0 aliphatic carbocycles. The van der Waals surface area contributed by atoms with Gasteiger partial charge in [0.2, 0.25) is 0 Å². The lowest BCUT2D eigenvalue weighted by atomic mass is 10.4. The molecule has 0 spiro atoms. The van der Waals surface area contributed by atoms with Crippen LogP contribution < -0.4 is 0 Å². The highest BCUT2D eigenvalue weighted by atomic mass is 79.9. The van der Waals surface area contributed by atoms with Gasteiger partial charge < -0.3 is 4.74 Å². The largest absolute Gasteiger partial charge is 0.379 e. The fraction of sp³-hybridized carbons (Fsp3) is 0.600. The summed E-state index contributed by atoms with van der Waals surface area (Å²) in [5, 5.41) is 0.739. The molecule has 1 rings (SSSR count). The Morgan fingerprint density at radius 2 is 2.17 bits per heavy atom. The molecule has 1 aromatic heterocycles. The zero-order valence-corrected chi connectivity index (χ0v) is 14.1. The zero-order chi connectivity index (χ0) is 13.8. The van der Waals surface area contributed by atoms with Gasteiger partial charge in [-0.3, -0.25) is 0 Å². The van der Waals surface area contributed by atoms with E-state index in [1.165, 1.54) is 11.4 Å². The van der Waals surface area contributed by atoms with Crippen molar-refractivity contribution < 1.29 is 13.2 Å². The van der Waals surface area contributed by atoms with E-state index in [0.717, 1.165) is 22.2 Å². The van der Waals surface area contributed by atoms with Gasteiger partial charge in [-0.25, -0.2) is 8.42 Å². The molecule has 0 radical (unpaired) electrons. The Labute approximate surface area is 125 Å². The molecule has 0 N–H and O–H groups in total. The van der Waals surface area contributed by atoms with Gasteiger partial charge in [-0.15, -0.1) is 11.3 Å². The van der Waals surface area contributed by atoms with Gasteiger partial charge in [-0.2, -0.15) is 4.31 Å². The van der Waals surface area contributed by atoms with Crippen LogP contribution in [-0.2, 0) is 14.8 Å². The van der Waals surface area contributed by atoms with E-state index in [4.69, 9.17) is 16.3 Å². The van der Waals surface area contributed by atoms with Crippen LogP contribution in [0.1, 0.15) is 5.56 Å². The Bertz CT molecular complexity index is 470. The molecule has 0 bridgehead atoms. The number of nitrogens with zero attached hydrogens (tertiary/aromatic N) is 1. The van der Waals surface area contributed by atoms with Crippen LogP contribution >= 0.6 is 38.9 Å². The molecule has 4 nitrogen and oxygen atoms in total. The maximum atomic E-state index is 12.2. The highest BCUT2D eigenvalue weighted by molar-refractivity contribution is 9.09. The quantitative estimate of drug-likeness (QED) is 0.543. The van der Waals surface area contributed by atoms with Crippen LogP contribution in [0.3, 0.4) is 0 Å². The van der Waals surface area contributed by atoms with Gasteiger partial charge in [0, 0.05) is 18.9 Å². The van der Waals surface area contributed by atoms with Gasteiger partial charge in [0.1, 0.15) is 4.21 Å². The van der Waals surface area contributed by atoms with Crippen molar-refractivity contribution in [3.05, 3.63) is 16.0 Å². The maximum absolute atomic E-state index is 12.2. The number of sulfonamides is 1. The Hall–Kier alpha value is 0.340. The first-order valence-electron chi connectivity index (χ1n) is 5.25. The summed E-state index contributed by atoms with van der Waals surface area (Å²) in [6, 6.07) is 1.60. The minimum atomic E-state index is -3.45. The smallest absolute Gasteiger partial charge is 0.252 e. The molecular weight excluding hydrogens is 362 g/mol. The molecular formula is C10H15BrClNO3S2. The standard InChI is InChI=1S/C10H15BrClNO3S2/c1-8-7-9(17-10(8)12)18(14,15)13(2)4-6-16-5-3-11/h7H,3-6H2,1-2H3. The molecule has 0 atom stereocenters. The number of ether oxygens (including phenoxy) is 1. The minimum Gasteiger partial charge on any atom is -0.379 e. The number of rotatable bonds is 7. The second kappa shape index (κ2) is 7.21. The van der Waals surface area contributed by atoms with Crippen LogP contribution in [-0.4, -0.2) is 44.9 Å². The number of thiophene rings is 1. The third-order valence-electron chi connectivity index (χ3n) is 2.27. The number of alkyl halides is 1. The molecule has 1 heterocycles. The molecule has 104 valence electrons. The van der Waals surface area contributed by atoms with E-state index in [1.54, 1.807) is 13.0 Å². The lowest BCUT2D eigenvalue weighted by Gasteiger charge is -2.15. The second-order valence-corrected chi connectivity index (χ2v) is 8.37. The summed E-state index contributed by atoms with van der Waals surface area (Å²) in [6.45, 7) is 3.05. The van der Waals surface area contributed by atoms with Gasteiger partial charge >= 0.3 is 0 Å². The number of hydrogen-bond donors (Lipinski definition) is 0. The lowest BCUT2D eigenvalue weighted by molar-refractivity contribution is 0.141. The molecule has 0 saturated carbocycles. The normalized spacial score (nSPS) is 12.3. The number of aryl methyl sites for hydroxylation is 1. The predicted molar refractivity (Wildman–Crippen MR) is 78.5 cm³/mol. The van der Waals surface area contributed by atoms with Gasteiger partial charge in [-0.05, 0) is 18.6 Å². The average Bonchev–Trinajstić information content (AvgIpc) is 2.65. The van der Waals surface area contributed by atoms with Gasteiger partial charge in [-0.1, -0.05) is 27.5 Å². The Kier molecular flexibility index (Phi) is 6.57. The molecule has 0 aromatic carbocycles. The molecule has 0 unspecified atom stereocenters. The summed E-state index contributed by atoms with van der Waals surface area (Å²) in [6.07, 6.45) is 0. The summed E-state index contributed by atoms with van der Waals surface area (Å²) in [5.41, 5.74) is 0.782. The Balaban J connectivity index is 2.68. The fourth-order valence-corrected chi connectivity index (χ4v) is 4.49. The van der Waals surface area contributed by atoms with E-state index >= 15 is 0 Å². The Morgan fingerprint density at radius 1 is 1.50 bits per heavy atom. The van der Waals surface area contributed by atoms with E-state index in [-0.39, 0.29) is 4.21 Å². The first kappa shape index (κ1) is 16.4. The molecule has 0 aliphatic heterocycles. The van der Waals surface area contributed by atoms with Crippen molar-refractivity contribution >= 4 is 48.9 Å².